The van der Waals surface area contributed by atoms with Crippen molar-refractivity contribution >= 4 is 0 Å². The first-order valence-electron chi connectivity index (χ1n) is 4.79. The maximum absolute atomic E-state index is 12.8. The highest BCUT2D eigenvalue weighted by Crippen LogP contribution is 2.16. The molecule has 0 saturated carbocycles. The molecule has 16 heavy (non-hydrogen) atoms. The van der Waals surface area contributed by atoms with E-state index in [4.69, 9.17) is 4.74 Å². The fourth-order valence-electron chi connectivity index (χ4n) is 1.26. The first-order chi connectivity index (χ1) is 7.75. The largest absolute Gasteiger partial charge is 0.489 e. The van der Waals surface area contributed by atoms with Gasteiger partial charge in [-0.2, -0.15) is 0 Å². The molecule has 2 aromatic rings. The lowest BCUT2D eigenvalue weighted by atomic mass is 10.2. The van der Waals surface area contributed by atoms with Crippen molar-refractivity contribution in [2.24, 2.45) is 0 Å². The molecule has 0 fully saturated rings. The standard InChI is InChI=1S/C13H9F2O/c14-12-7-6-11(8-13(12)15)16-9-10-4-2-1-3-5-10/h1-6,8H,9H2. The first kappa shape index (κ1) is 10.6. The van der Waals surface area contributed by atoms with Crippen LogP contribution in [0.2, 0.25) is 0 Å². The van der Waals surface area contributed by atoms with Gasteiger partial charge in [0.05, 0.1) is 0 Å². The zero-order valence-corrected chi connectivity index (χ0v) is 8.41. The molecule has 1 radical (unpaired) electrons. The van der Waals surface area contributed by atoms with Crippen LogP contribution in [0.1, 0.15) is 5.56 Å². The monoisotopic (exact) mass is 219 g/mol. The molecule has 81 valence electrons. The highest BCUT2D eigenvalue weighted by molar-refractivity contribution is 5.23. The average molecular weight is 219 g/mol. The van der Waals surface area contributed by atoms with Gasteiger partial charge >= 0.3 is 0 Å². The second-order valence-corrected chi connectivity index (χ2v) is 3.27. The molecule has 2 aromatic carbocycles. The van der Waals surface area contributed by atoms with Crippen molar-refractivity contribution in [1.29, 1.82) is 0 Å². The topological polar surface area (TPSA) is 9.23 Å². The molecule has 0 heterocycles. The van der Waals surface area contributed by atoms with Crippen molar-refractivity contribution < 1.29 is 13.5 Å². The van der Waals surface area contributed by atoms with E-state index in [1.807, 2.05) is 30.3 Å². The predicted molar refractivity (Wildman–Crippen MR) is 56.0 cm³/mol. The van der Waals surface area contributed by atoms with E-state index in [1.54, 1.807) is 0 Å². The van der Waals surface area contributed by atoms with Gasteiger partial charge < -0.3 is 4.74 Å². The molecule has 0 aliphatic carbocycles. The Bertz CT molecular complexity index is 469. The van der Waals surface area contributed by atoms with Gasteiger partial charge in [0.15, 0.2) is 11.6 Å². The summed E-state index contributed by atoms with van der Waals surface area (Å²) < 4.78 is 30.7. The molecule has 0 aliphatic rings. The quantitative estimate of drug-likeness (QED) is 0.769. The maximum Gasteiger partial charge on any atom is 0.167 e. The van der Waals surface area contributed by atoms with Crippen LogP contribution < -0.4 is 4.74 Å². The van der Waals surface area contributed by atoms with Gasteiger partial charge in [-0.05, 0) is 11.6 Å². The van der Waals surface area contributed by atoms with E-state index in [1.165, 1.54) is 6.07 Å². The Morgan fingerprint density at radius 2 is 1.88 bits per heavy atom. The summed E-state index contributed by atoms with van der Waals surface area (Å²) in [6, 6.07) is 13.9. The minimum absolute atomic E-state index is 0.266. The fraction of sp³-hybridized carbons (Fsp3) is 0.0769. The Labute approximate surface area is 92.3 Å². The summed E-state index contributed by atoms with van der Waals surface area (Å²) in [6.45, 7) is 0.319. The third-order valence-corrected chi connectivity index (χ3v) is 2.07. The van der Waals surface area contributed by atoms with Crippen LogP contribution >= 0.6 is 0 Å². The molecule has 0 spiro atoms. The molecule has 0 unspecified atom stereocenters. The Balaban J connectivity index is 2.03. The summed E-state index contributed by atoms with van der Waals surface area (Å²) in [6.07, 6.45) is 0. The zero-order chi connectivity index (χ0) is 11.4. The molecule has 0 aliphatic heterocycles. The minimum atomic E-state index is -0.993. The number of rotatable bonds is 3. The molecule has 0 N–H and O–H groups in total. The van der Waals surface area contributed by atoms with E-state index in [0.717, 1.165) is 11.6 Å². The number of halogens is 2. The van der Waals surface area contributed by atoms with Gasteiger partial charge in [-0.3, -0.25) is 0 Å². The smallest absolute Gasteiger partial charge is 0.167 e. The summed E-state index contributed by atoms with van der Waals surface area (Å²) in [5, 5.41) is 0. The first-order valence-corrected chi connectivity index (χ1v) is 4.79. The van der Waals surface area contributed by atoms with Crippen LogP contribution in [0, 0.1) is 17.7 Å². The Morgan fingerprint density at radius 1 is 1.12 bits per heavy atom. The number of hydrogen-bond donors (Lipinski definition) is 0. The predicted octanol–water partition coefficient (Wildman–Crippen LogP) is 3.34. The van der Waals surface area contributed by atoms with Crippen molar-refractivity contribution in [2.45, 2.75) is 6.61 Å². The molecule has 0 bridgehead atoms. The van der Waals surface area contributed by atoms with Crippen LogP contribution in [-0.4, -0.2) is 0 Å². The van der Waals surface area contributed by atoms with Crippen LogP contribution in [0.4, 0.5) is 8.78 Å². The normalized spacial score (nSPS) is 10.1. The summed E-state index contributed by atoms with van der Waals surface area (Å²) >= 11 is 0. The van der Waals surface area contributed by atoms with E-state index >= 15 is 0 Å². The fourth-order valence-corrected chi connectivity index (χ4v) is 1.26. The van der Waals surface area contributed by atoms with Crippen molar-refractivity contribution in [1.82, 2.24) is 0 Å². The van der Waals surface area contributed by atoms with Crippen LogP contribution in [0.5, 0.6) is 5.75 Å². The van der Waals surface area contributed by atoms with Crippen molar-refractivity contribution in [2.75, 3.05) is 0 Å². The van der Waals surface area contributed by atoms with E-state index in [2.05, 4.69) is 6.07 Å². The summed E-state index contributed by atoms with van der Waals surface area (Å²) in [5.74, 6) is -1.68. The highest BCUT2D eigenvalue weighted by atomic mass is 19.2. The van der Waals surface area contributed by atoms with Gasteiger partial charge in [0.1, 0.15) is 12.4 Å². The summed E-state index contributed by atoms with van der Waals surface area (Å²) in [4.78, 5) is 0. The molecule has 0 atom stereocenters. The third-order valence-electron chi connectivity index (χ3n) is 2.07. The molecule has 1 nitrogen and oxygen atoms in total. The Hall–Kier alpha value is -1.90. The number of hydrogen-bond acceptors (Lipinski definition) is 1. The lowest BCUT2D eigenvalue weighted by Gasteiger charge is -2.05. The minimum Gasteiger partial charge on any atom is -0.489 e. The molecule has 0 saturated heterocycles. The molecular weight excluding hydrogens is 210 g/mol. The maximum atomic E-state index is 12.8. The number of benzene rings is 2. The van der Waals surface area contributed by atoms with Gasteiger partial charge in [-0.1, -0.05) is 30.3 Å². The van der Waals surface area contributed by atoms with Crippen molar-refractivity contribution in [3.8, 4) is 5.75 Å². The molecular formula is C13H9F2O. The molecule has 2 rings (SSSR count). The summed E-state index contributed by atoms with van der Waals surface area (Å²) in [7, 11) is 0. The Kier molecular flexibility index (Phi) is 3.15. The van der Waals surface area contributed by atoms with Gasteiger partial charge in [0, 0.05) is 12.1 Å². The van der Waals surface area contributed by atoms with Crippen molar-refractivity contribution in [3.63, 3.8) is 0 Å². The van der Waals surface area contributed by atoms with Crippen LogP contribution in [-0.2, 0) is 6.61 Å². The van der Waals surface area contributed by atoms with Crippen LogP contribution in [0.15, 0.2) is 42.5 Å². The highest BCUT2D eigenvalue weighted by Gasteiger charge is 2.03. The number of ether oxygens (including phenoxy) is 1. The molecule has 0 aromatic heterocycles. The SMILES string of the molecule is Fc1[c]cc(OCc2ccccc2)cc1F. The van der Waals surface area contributed by atoms with E-state index in [-0.39, 0.29) is 5.75 Å². The van der Waals surface area contributed by atoms with E-state index in [0.29, 0.717) is 6.61 Å². The van der Waals surface area contributed by atoms with Gasteiger partial charge in [0.25, 0.3) is 0 Å². The zero-order valence-electron chi connectivity index (χ0n) is 8.41. The summed E-state index contributed by atoms with van der Waals surface area (Å²) in [5.41, 5.74) is 0.965. The van der Waals surface area contributed by atoms with Crippen LogP contribution in [0.25, 0.3) is 0 Å². The van der Waals surface area contributed by atoms with E-state index < -0.39 is 11.6 Å². The average Bonchev–Trinajstić information content (AvgIpc) is 2.32. The molecule has 3 heteroatoms. The third kappa shape index (κ3) is 2.57. The molecule has 0 amide bonds. The van der Waals surface area contributed by atoms with Gasteiger partial charge in [-0.25, -0.2) is 8.78 Å². The van der Waals surface area contributed by atoms with Crippen LogP contribution in [0.3, 0.4) is 0 Å². The second-order valence-electron chi connectivity index (χ2n) is 3.27. The second kappa shape index (κ2) is 4.75. The van der Waals surface area contributed by atoms with Gasteiger partial charge in [-0.15, -0.1) is 0 Å². The lowest BCUT2D eigenvalue weighted by Crippen LogP contribution is -1.96. The van der Waals surface area contributed by atoms with Gasteiger partial charge in [0.2, 0.25) is 0 Å². The lowest BCUT2D eigenvalue weighted by molar-refractivity contribution is 0.303. The van der Waals surface area contributed by atoms with Crippen molar-refractivity contribution in [3.05, 3.63) is 65.7 Å². The Morgan fingerprint density at radius 3 is 2.56 bits per heavy atom. The van der Waals surface area contributed by atoms with E-state index in [9.17, 15) is 8.78 Å².